The lowest BCUT2D eigenvalue weighted by Gasteiger charge is -2.63. The molecule has 4 aliphatic carbocycles. The Morgan fingerprint density at radius 2 is 1.72 bits per heavy atom. The molecule has 0 bridgehead atoms. The average molecular weight is 438 g/mol. The first kappa shape index (κ1) is 25.6. The Labute approximate surface area is 200 Å². The molecular weight excluding hydrogens is 386 g/mol. The van der Waals surface area contributed by atoms with E-state index in [9.17, 15) is 0 Å². The lowest BCUT2D eigenvalue weighted by molar-refractivity contribution is -0.108. The first-order valence-electron chi connectivity index (χ1n) is 14.0. The van der Waals surface area contributed by atoms with E-state index in [4.69, 9.17) is 11.8 Å². The first-order valence-corrected chi connectivity index (χ1v) is 14.0. The summed E-state index contributed by atoms with van der Waals surface area (Å²) >= 11 is 0. The summed E-state index contributed by atoms with van der Waals surface area (Å²) in [5.74, 6) is 5.63. The Balaban J connectivity index is 0.00000141. The lowest BCUT2D eigenvalue weighted by atomic mass is 9.41. The van der Waals surface area contributed by atoms with Gasteiger partial charge in [0.2, 0.25) is 0 Å². The number of nitriles is 1. The van der Waals surface area contributed by atoms with E-state index >= 15 is 0 Å². The van der Waals surface area contributed by atoms with Gasteiger partial charge in [-0.1, -0.05) is 73.1 Å². The van der Waals surface area contributed by atoms with Crippen LogP contribution in [0.3, 0.4) is 0 Å². The maximum atomic E-state index is 9.12. The molecule has 4 saturated carbocycles. The van der Waals surface area contributed by atoms with Crippen molar-refractivity contribution < 1.29 is 0 Å². The zero-order valence-corrected chi connectivity index (χ0v) is 22.2. The Hall–Kier alpha value is -1.03. The highest BCUT2D eigenvalue weighted by Crippen LogP contribution is 2.70. The number of hydrogen-bond donors (Lipinski definition) is 0. The maximum absolute atomic E-state index is 9.12. The molecule has 0 heterocycles. The van der Waals surface area contributed by atoms with Crippen LogP contribution in [0, 0.1) is 63.6 Å². The second kappa shape index (κ2) is 10.1. The topological polar surface area (TPSA) is 23.8 Å². The van der Waals surface area contributed by atoms with Crippen LogP contribution in [0.1, 0.15) is 112 Å². The molecule has 9 atom stereocenters. The number of hydrogen-bond acceptors (Lipinski definition) is 1. The zero-order chi connectivity index (χ0) is 23.7. The van der Waals surface area contributed by atoms with E-state index < -0.39 is 0 Å². The van der Waals surface area contributed by atoms with Crippen LogP contribution in [0.15, 0.2) is 24.3 Å². The second-order valence-corrected chi connectivity index (χ2v) is 12.1. The third-order valence-corrected chi connectivity index (χ3v) is 11.1. The van der Waals surface area contributed by atoms with E-state index in [0.29, 0.717) is 16.7 Å². The Bertz CT molecular complexity index is 727. The summed E-state index contributed by atoms with van der Waals surface area (Å²) in [5.41, 5.74) is 3.44. The summed E-state index contributed by atoms with van der Waals surface area (Å²) in [5, 5.41) is 9.12. The van der Waals surface area contributed by atoms with Gasteiger partial charge in [-0.3, -0.25) is 0 Å². The van der Waals surface area contributed by atoms with Crippen LogP contribution in [-0.2, 0) is 0 Å². The molecule has 0 aliphatic heterocycles. The van der Waals surface area contributed by atoms with Gasteiger partial charge in [-0.05, 0) is 110 Å². The van der Waals surface area contributed by atoms with Gasteiger partial charge in [0.15, 0.2) is 0 Å². The van der Waals surface area contributed by atoms with Gasteiger partial charge in [0.05, 0.1) is 6.07 Å². The largest absolute Gasteiger partial charge is 0.193 e. The average Bonchev–Trinajstić information content (AvgIpc) is 3.16. The minimum absolute atomic E-state index is 0.466. The van der Waals surface area contributed by atoms with Crippen molar-refractivity contribution >= 4 is 0 Å². The molecule has 0 saturated heterocycles. The lowest BCUT2D eigenvalue weighted by Crippen LogP contribution is -2.56. The molecule has 4 aliphatic rings. The fraction of sp³-hybridized carbons (Fsp3) is 0.839. The van der Waals surface area contributed by atoms with Crippen LogP contribution in [0.4, 0.5) is 0 Å². The Morgan fingerprint density at radius 1 is 1.03 bits per heavy atom. The van der Waals surface area contributed by atoms with Gasteiger partial charge in [0.1, 0.15) is 0 Å². The highest BCUT2D eigenvalue weighted by Gasteiger charge is 2.62. The SMILES string of the molecule is C=C(C#N)CCC(C)C1CCC2C3C(=C)C(CC)C4CCCCC4(C)C3CCC12C.CC. The minimum Gasteiger partial charge on any atom is -0.193 e. The molecule has 32 heavy (non-hydrogen) atoms. The van der Waals surface area contributed by atoms with Crippen LogP contribution in [0.2, 0.25) is 0 Å². The second-order valence-electron chi connectivity index (χ2n) is 12.1. The van der Waals surface area contributed by atoms with Crippen molar-refractivity contribution in [2.75, 3.05) is 0 Å². The van der Waals surface area contributed by atoms with E-state index in [1.807, 2.05) is 13.8 Å². The molecule has 0 radical (unpaired) electrons. The summed E-state index contributed by atoms with van der Waals surface area (Å²) in [4.78, 5) is 0. The van der Waals surface area contributed by atoms with Gasteiger partial charge in [0.25, 0.3) is 0 Å². The van der Waals surface area contributed by atoms with Crippen LogP contribution >= 0.6 is 0 Å². The van der Waals surface area contributed by atoms with E-state index in [2.05, 4.69) is 40.3 Å². The predicted molar refractivity (Wildman–Crippen MR) is 138 cm³/mol. The summed E-state index contributed by atoms with van der Waals surface area (Å²) in [7, 11) is 0. The van der Waals surface area contributed by atoms with Crippen molar-refractivity contribution in [3.63, 3.8) is 0 Å². The van der Waals surface area contributed by atoms with Gasteiger partial charge in [0, 0.05) is 5.57 Å². The summed E-state index contributed by atoms with van der Waals surface area (Å²) in [6.07, 6.45) is 14.7. The van der Waals surface area contributed by atoms with Crippen LogP contribution < -0.4 is 0 Å². The van der Waals surface area contributed by atoms with E-state index in [1.165, 1.54) is 57.8 Å². The molecule has 1 heteroatoms. The molecule has 0 N–H and O–H groups in total. The number of rotatable bonds is 5. The highest BCUT2D eigenvalue weighted by molar-refractivity contribution is 5.24. The number of fused-ring (bicyclic) bond motifs is 5. The maximum Gasteiger partial charge on any atom is 0.0940 e. The summed E-state index contributed by atoms with van der Waals surface area (Å²) in [6, 6.07) is 2.26. The van der Waals surface area contributed by atoms with Crippen molar-refractivity contribution in [2.24, 2.45) is 52.3 Å². The molecule has 4 fully saturated rings. The molecule has 1 nitrogen and oxygen atoms in total. The molecular formula is C31H51N. The fourth-order valence-corrected chi connectivity index (χ4v) is 9.59. The summed E-state index contributed by atoms with van der Waals surface area (Å²) in [6.45, 7) is 23.0. The van der Waals surface area contributed by atoms with Gasteiger partial charge >= 0.3 is 0 Å². The minimum atomic E-state index is 0.466. The molecule has 0 amide bonds. The van der Waals surface area contributed by atoms with Crippen LogP contribution in [0.25, 0.3) is 0 Å². The van der Waals surface area contributed by atoms with E-state index in [-0.39, 0.29) is 0 Å². The van der Waals surface area contributed by atoms with E-state index in [0.717, 1.165) is 53.9 Å². The highest BCUT2D eigenvalue weighted by atomic mass is 14.7. The smallest absolute Gasteiger partial charge is 0.0940 e. The molecule has 180 valence electrons. The van der Waals surface area contributed by atoms with Crippen molar-refractivity contribution in [1.29, 1.82) is 5.26 Å². The first-order chi connectivity index (χ1) is 15.3. The Kier molecular flexibility index (Phi) is 8.06. The molecule has 4 rings (SSSR count). The summed E-state index contributed by atoms with van der Waals surface area (Å²) < 4.78 is 0. The standard InChI is InChI=1S/C29H45N.C2H6/c1-7-22-21(4)27-25-14-13-23(20(3)12-11-19(2)18-30)29(25,6)17-15-26(27)28(5)16-9-8-10-24(22)28;1-2/h20,22-27H,2,4,7-17H2,1,3,5-6H3;1-2H3. The number of allylic oxidation sites excluding steroid dienone is 2. The predicted octanol–water partition coefficient (Wildman–Crippen LogP) is 9.36. The van der Waals surface area contributed by atoms with Gasteiger partial charge in [-0.15, -0.1) is 0 Å². The Morgan fingerprint density at radius 3 is 2.38 bits per heavy atom. The molecule has 0 aromatic heterocycles. The van der Waals surface area contributed by atoms with E-state index in [1.54, 1.807) is 5.57 Å². The monoisotopic (exact) mass is 437 g/mol. The van der Waals surface area contributed by atoms with Crippen LogP contribution in [0.5, 0.6) is 0 Å². The van der Waals surface area contributed by atoms with Crippen LogP contribution in [-0.4, -0.2) is 0 Å². The van der Waals surface area contributed by atoms with Crippen molar-refractivity contribution in [1.82, 2.24) is 0 Å². The van der Waals surface area contributed by atoms with Gasteiger partial charge < -0.3 is 0 Å². The third-order valence-electron chi connectivity index (χ3n) is 11.1. The third kappa shape index (κ3) is 4.03. The molecule has 9 unspecified atom stereocenters. The van der Waals surface area contributed by atoms with Crippen molar-refractivity contribution in [3.8, 4) is 6.07 Å². The number of nitrogens with zero attached hydrogens (tertiary/aromatic N) is 1. The molecule has 0 spiro atoms. The normalized spacial score (nSPS) is 43.6. The zero-order valence-electron chi connectivity index (χ0n) is 22.2. The van der Waals surface area contributed by atoms with Crippen molar-refractivity contribution in [2.45, 2.75) is 112 Å². The molecule has 0 aromatic rings. The van der Waals surface area contributed by atoms with Gasteiger partial charge in [-0.2, -0.15) is 5.26 Å². The molecule has 0 aromatic carbocycles. The van der Waals surface area contributed by atoms with Crippen molar-refractivity contribution in [3.05, 3.63) is 24.3 Å². The quantitative estimate of drug-likeness (QED) is 0.310. The fourth-order valence-electron chi connectivity index (χ4n) is 9.59. The van der Waals surface area contributed by atoms with Gasteiger partial charge in [-0.25, -0.2) is 0 Å².